The maximum absolute atomic E-state index is 13.0. The second-order valence-electron chi connectivity index (χ2n) is 9.90. The third-order valence-electron chi connectivity index (χ3n) is 7.90. The molecule has 0 bridgehead atoms. The molecule has 3 aliphatic rings. The summed E-state index contributed by atoms with van der Waals surface area (Å²) in [5.41, 5.74) is 4.08. The molecule has 5 heteroatoms. The lowest BCUT2D eigenvalue weighted by atomic mass is 9.68. The first-order chi connectivity index (χ1) is 14.5. The largest absolute Gasteiger partial charge is 0.381 e. The van der Waals surface area contributed by atoms with E-state index in [1.165, 1.54) is 47.3 Å². The van der Waals surface area contributed by atoms with E-state index >= 15 is 0 Å². The highest BCUT2D eigenvalue weighted by molar-refractivity contribution is 5.85. The van der Waals surface area contributed by atoms with Gasteiger partial charge in [0.25, 0.3) is 0 Å². The minimum absolute atomic E-state index is 0.0207. The van der Waals surface area contributed by atoms with Gasteiger partial charge in [0.15, 0.2) is 0 Å². The fourth-order valence-corrected chi connectivity index (χ4v) is 6.07. The van der Waals surface area contributed by atoms with Crippen molar-refractivity contribution in [2.24, 2.45) is 5.41 Å². The van der Waals surface area contributed by atoms with Crippen molar-refractivity contribution in [2.45, 2.75) is 95.7 Å². The quantitative estimate of drug-likeness (QED) is 0.685. The third-order valence-corrected chi connectivity index (χ3v) is 7.90. The molecule has 2 saturated carbocycles. The molecule has 164 valence electrons. The van der Waals surface area contributed by atoms with Crippen molar-refractivity contribution in [1.29, 1.82) is 0 Å². The van der Waals surface area contributed by atoms with E-state index < -0.39 is 0 Å². The summed E-state index contributed by atoms with van der Waals surface area (Å²) < 4.78 is 5.62. The number of rotatable bonds is 5. The van der Waals surface area contributed by atoms with E-state index in [1.807, 2.05) is 13.8 Å². The lowest BCUT2D eigenvalue weighted by Crippen LogP contribution is -2.48. The molecular formula is C25H36N2O3. The summed E-state index contributed by atoms with van der Waals surface area (Å²) in [6, 6.07) is 6.51. The fourth-order valence-electron chi connectivity index (χ4n) is 6.07. The number of imide groups is 1. The van der Waals surface area contributed by atoms with E-state index in [2.05, 4.69) is 23.5 Å². The Morgan fingerprint density at radius 1 is 1.20 bits per heavy atom. The summed E-state index contributed by atoms with van der Waals surface area (Å²) in [5, 5.41) is 3.29. The molecule has 1 N–H and O–H groups in total. The molecule has 0 saturated heterocycles. The number of carbonyl (C=O) groups is 2. The molecule has 1 aromatic rings. The molecule has 5 nitrogen and oxygen atoms in total. The highest BCUT2D eigenvalue weighted by Gasteiger charge is 2.49. The highest BCUT2D eigenvalue weighted by Crippen LogP contribution is 2.55. The van der Waals surface area contributed by atoms with Crippen molar-refractivity contribution in [3.63, 3.8) is 0 Å². The number of carbonyl (C=O) groups excluding carboxylic acids is 2. The van der Waals surface area contributed by atoms with Gasteiger partial charge in [0, 0.05) is 13.2 Å². The van der Waals surface area contributed by atoms with Crippen molar-refractivity contribution in [2.75, 3.05) is 7.11 Å². The van der Waals surface area contributed by atoms with Gasteiger partial charge in [0.05, 0.1) is 12.1 Å². The van der Waals surface area contributed by atoms with Crippen molar-refractivity contribution in [3.05, 3.63) is 34.9 Å². The zero-order chi connectivity index (χ0) is 21.3. The molecule has 2 fully saturated rings. The monoisotopic (exact) mass is 412 g/mol. The van der Waals surface area contributed by atoms with Crippen molar-refractivity contribution >= 4 is 12.4 Å². The predicted octanol–water partition coefficient (Wildman–Crippen LogP) is 5.09. The molecule has 0 radical (unpaired) electrons. The number of fused-ring (bicyclic) bond motifs is 1. The normalized spacial score (nSPS) is 28.7. The summed E-state index contributed by atoms with van der Waals surface area (Å²) in [6.07, 6.45) is 11.2. The molecule has 0 aromatic heterocycles. The summed E-state index contributed by atoms with van der Waals surface area (Å²) in [4.78, 5) is 25.8. The molecule has 1 aromatic carbocycles. The van der Waals surface area contributed by atoms with Crippen LogP contribution in [-0.2, 0) is 16.0 Å². The first-order valence-electron chi connectivity index (χ1n) is 11.7. The van der Waals surface area contributed by atoms with Crippen LogP contribution in [-0.4, -0.2) is 36.6 Å². The average molecular weight is 413 g/mol. The Morgan fingerprint density at radius 2 is 1.90 bits per heavy atom. The van der Waals surface area contributed by atoms with Crippen LogP contribution in [0.5, 0.6) is 0 Å². The van der Waals surface area contributed by atoms with Crippen molar-refractivity contribution in [3.8, 4) is 0 Å². The zero-order valence-corrected chi connectivity index (χ0v) is 18.7. The Hall–Kier alpha value is -1.88. The fraction of sp³-hybridized carbons (Fsp3) is 0.680. The van der Waals surface area contributed by atoms with E-state index in [4.69, 9.17) is 4.74 Å². The second kappa shape index (κ2) is 8.70. The second-order valence-corrected chi connectivity index (χ2v) is 9.90. The maximum atomic E-state index is 13.0. The molecule has 4 rings (SSSR count). The predicted molar refractivity (Wildman–Crippen MR) is 117 cm³/mol. The molecular weight excluding hydrogens is 376 g/mol. The van der Waals surface area contributed by atoms with Crippen molar-refractivity contribution < 1.29 is 14.3 Å². The van der Waals surface area contributed by atoms with Crippen molar-refractivity contribution in [1.82, 2.24) is 10.2 Å². The van der Waals surface area contributed by atoms with Crippen LogP contribution in [0.25, 0.3) is 0 Å². The standard InChI is InChI=1S/C25H36N2O3/c1-17(2)27(16-28)24(29)26-23-22-14-19(18-6-4-5-7-18)8-9-20(22)15-25(23)12-10-21(30-3)11-13-25/h8-9,14,16-18,21,23H,4-7,10-13,15H2,1-3H3,(H,26,29). The van der Waals surface area contributed by atoms with Gasteiger partial charge in [-0.05, 0) is 86.8 Å². The Kier molecular flexibility index (Phi) is 6.19. The first-order valence-corrected chi connectivity index (χ1v) is 11.7. The summed E-state index contributed by atoms with van der Waals surface area (Å²) in [6.45, 7) is 3.74. The Bertz CT molecular complexity index is 777. The number of nitrogens with one attached hydrogen (secondary N) is 1. The minimum Gasteiger partial charge on any atom is -0.381 e. The molecule has 30 heavy (non-hydrogen) atoms. The number of benzene rings is 1. The summed E-state index contributed by atoms with van der Waals surface area (Å²) >= 11 is 0. The van der Waals surface area contributed by atoms with Gasteiger partial charge in [-0.2, -0.15) is 0 Å². The summed E-state index contributed by atoms with van der Waals surface area (Å²) in [7, 11) is 1.80. The Morgan fingerprint density at radius 3 is 2.50 bits per heavy atom. The minimum atomic E-state index is -0.280. The van der Waals surface area contributed by atoms with Crippen LogP contribution < -0.4 is 5.32 Å². The number of hydrogen-bond donors (Lipinski definition) is 1. The van der Waals surface area contributed by atoms with Gasteiger partial charge in [-0.1, -0.05) is 31.0 Å². The topological polar surface area (TPSA) is 58.6 Å². The number of urea groups is 1. The van der Waals surface area contributed by atoms with Crippen LogP contribution >= 0.6 is 0 Å². The van der Waals surface area contributed by atoms with Crippen LogP contribution in [0.3, 0.4) is 0 Å². The molecule has 0 heterocycles. The molecule has 1 spiro atoms. The number of ether oxygens (including phenoxy) is 1. The molecule has 3 aliphatic carbocycles. The van der Waals surface area contributed by atoms with Crippen LogP contribution in [0.15, 0.2) is 18.2 Å². The van der Waals surface area contributed by atoms with Gasteiger partial charge in [-0.15, -0.1) is 0 Å². The molecule has 1 unspecified atom stereocenters. The molecule has 0 aliphatic heterocycles. The maximum Gasteiger partial charge on any atom is 0.324 e. The van der Waals surface area contributed by atoms with E-state index in [0.29, 0.717) is 18.4 Å². The number of nitrogens with zero attached hydrogens (tertiary/aromatic N) is 1. The SMILES string of the molecule is COC1CCC2(CC1)Cc1ccc(C3CCCC3)cc1C2NC(=O)N(C=O)C(C)C. The smallest absolute Gasteiger partial charge is 0.324 e. The highest BCUT2D eigenvalue weighted by atomic mass is 16.5. The van der Waals surface area contributed by atoms with Crippen LogP contribution in [0.4, 0.5) is 4.79 Å². The van der Waals surface area contributed by atoms with E-state index in [0.717, 1.165) is 32.1 Å². The van der Waals surface area contributed by atoms with Gasteiger partial charge in [-0.25, -0.2) is 4.79 Å². The summed E-state index contributed by atoms with van der Waals surface area (Å²) in [5.74, 6) is 0.648. The molecule has 1 atom stereocenters. The van der Waals surface area contributed by atoms with E-state index in [-0.39, 0.29) is 23.5 Å². The van der Waals surface area contributed by atoms with E-state index in [9.17, 15) is 9.59 Å². The van der Waals surface area contributed by atoms with Gasteiger partial charge in [0.2, 0.25) is 6.41 Å². The van der Waals surface area contributed by atoms with Crippen LogP contribution in [0.2, 0.25) is 0 Å². The third kappa shape index (κ3) is 3.89. The van der Waals surface area contributed by atoms with Gasteiger partial charge in [-0.3, -0.25) is 9.69 Å². The number of amides is 3. The van der Waals surface area contributed by atoms with Gasteiger partial charge in [0.1, 0.15) is 0 Å². The van der Waals surface area contributed by atoms with Crippen LogP contribution in [0, 0.1) is 5.41 Å². The lowest BCUT2D eigenvalue weighted by molar-refractivity contribution is -0.116. The average Bonchev–Trinajstić information content (AvgIpc) is 3.36. The Balaban J connectivity index is 1.65. The van der Waals surface area contributed by atoms with Gasteiger partial charge >= 0.3 is 6.03 Å². The Labute approximate surface area is 180 Å². The molecule has 3 amide bonds. The first kappa shape index (κ1) is 21.4. The zero-order valence-electron chi connectivity index (χ0n) is 18.7. The van der Waals surface area contributed by atoms with Crippen LogP contribution in [0.1, 0.15) is 93.9 Å². The number of hydrogen-bond acceptors (Lipinski definition) is 3. The lowest BCUT2D eigenvalue weighted by Gasteiger charge is -2.42. The number of methoxy groups -OCH3 is 1. The van der Waals surface area contributed by atoms with Gasteiger partial charge < -0.3 is 10.1 Å². The van der Waals surface area contributed by atoms with E-state index in [1.54, 1.807) is 7.11 Å².